The number of hydrogen-bond donors (Lipinski definition) is 0. The van der Waals surface area contributed by atoms with Crippen molar-refractivity contribution >= 4 is 23.3 Å². The lowest BCUT2D eigenvalue weighted by Gasteiger charge is -2.29. The van der Waals surface area contributed by atoms with Crippen LogP contribution in [0.25, 0.3) is 0 Å². The maximum Gasteiger partial charge on any atom is 0.337 e. The lowest BCUT2D eigenvalue weighted by molar-refractivity contribution is 0.0600. The van der Waals surface area contributed by atoms with E-state index in [9.17, 15) is 4.79 Å². The molecule has 120 valence electrons. The molecule has 3 rings (SSSR count). The third-order valence-corrected chi connectivity index (χ3v) is 4.32. The summed E-state index contributed by atoms with van der Waals surface area (Å²) in [6, 6.07) is 13.3. The van der Waals surface area contributed by atoms with Crippen molar-refractivity contribution in [3.8, 4) is 5.75 Å². The highest BCUT2D eigenvalue weighted by atomic mass is 35.5. The highest BCUT2D eigenvalue weighted by molar-refractivity contribution is 6.33. The molecule has 0 fully saturated rings. The fraction of sp³-hybridized carbons (Fsp3) is 0.278. The van der Waals surface area contributed by atoms with Crippen LogP contribution in [0, 0.1) is 0 Å². The predicted octanol–water partition coefficient (Wildman–Crippen LogP) is 3.91. The van der Waals surface area contributed by atoms with Crippen LogP contribution in [0.3, 0.4) is 0 Å². The molecular formula is C18H18ClNO3. The van der Waals surface area contributed by atoms with Crippen molar-refractivity contribution in [1.82, 2.24) is 0 Å². The Labute approximate surface area is 140 Å². The summed E-state index contributed by atoms with van der Waals surface area (Å²) in [5.74, 6) is 0.353. The number of para-hydroxylation sites is 1. The minimum absolute atomic E-state index is 0.156. The number of benzene rings is 2. The average molecular weight is 332 g/mol. The smallest absolute Gasteiger partial charge is 0.337 e. The van der Waals surface area contributed by atoms with E-state index in [0.717, 1.165) is 11.3 Å². The van der Waals surface area contributed by atoms with Crippen molar-refractivity contribution in [3.05, 3.63) is 58.6 Å². The van der Waals surface area contributed by atoms with Crippen molar-refractivity contribution in [2.24, 2.45) is 0 Å². The SMILES string of the molecule is COC(=O)c1ccc2c(c1)OC[C@H](C)N(c1ccccc1Cl)C2. The molecule has 0 saturated carbocycles. The Kier molecular flexibility index (Phi) is 4.44. The molecule has 0 bridgehead atoms. The number of carbonyl (C=O) groups is 1. The first kappa shape index (κ1) is 15.7. The standard InChI is InChI=1S/C18H18ClNO3/c1-12-11-23-17-9-13(18(21)22-2)7-8-14(17)10-20(12)16-6-4-3-5-15(16)19/h3-9,12H,10-11H2,1-2H3/t12-/m0/s1. The fourth-order valence-corrected chi connectivity index (χ4v) is 2.96. The summed E-state index contributed by atoms with van der Waals surface area (Å²) >= 11 is 6.35. The van der Waals surface area contributed by atoms with Gasteiger partial charge in [-0.15, -0.1) is 0 Å². The maximum atomic E-state index is 11.7. The number of rotatable bonds is 2. The van der Waals surface area contributed by atoms with E-state index in [-0.39, 0.29) is 12.0 Å². The lowest BCUT2D eigenvalue weighted by Crippen LogP contribution is -2.35. The second kappa shape index (κ2) is 6.50. The lowest BCUT2D eigenvalue weighted by atomic mass is 10.1. The minimum Gasteiger partial charge on any atom is -0.491 e. The first-order valence-corrected chi connectivity index (χ1v) is 7.83. The molecule has 0 saturated heterocycles. The fourth-order valence-electron chi connectivity index (χ4n) is 2.71. The van der Waals surface area contributed by atoms with Gasteiger partial charge in [-0.05, 0) is 31.2 Å². The van der Waals surface area contributed by atoms with Gasteiger partial charge in [0, 0.05) is 12.1 Å². The van der Waals surface area contributed by atoms with Gasteiger partial charge in [0.15, 0.2) is 0 Å². The van der Waals surface area contributed by atoms with Gasteiger partial charge in [0.1, 0.15) is 12.4 Å². The third-order valence-electron chi connectivity index (χ3n) is 4.00. The number of anilines is 1. The number of methoxy groups -OCH3 is 1. The molecule has 0 aliphatic carbocycles. The molecular weight excluding hydrogens is 314 g/mol. The minimum atomic E-state index is -0.364. The monoisotopic (exact) mass is 331 g/mol. The van der Waals surface area contributed by atoms with E-state index in [1.165, 1.54) is 7.11 Å². The average Bonchev–Trinajstić information content (AvgIpc) is 2.73. The second-order valence-corrected chi connectivity index (χ2v) is 5.96. The summed E-state index contributed by atoms with van der Waals surface area (Å²) < 4.78 is 10.7. The van der Waals surface area contributed by atoms with Gasteiger partial charge < -0.3 is 14.4 Å². The van der Waals surface area contributed by atoms with Crippen molar-refractivity contribution in [3.63, 3.8) is 0 Å². The number of esters is 1. The number of fused-ring (bicyclic) bond motifs is 1. The molecule has 23 heavy (non-hydrogen) atoms. The van der Waals surface area contributed by atoms with Crippen LogP contribution in [-0.2, 0) is 11.3 Å². The topological polar surface area (TPSA) is 38.8 Å². The largest absolute Gasteiger partial charge is 0.491 e. The van der Waals surface area contributed by atoms with E-state index in [1.807, 2.05) is 30.3 Å². The van der Waals surface area contributed by atoms with Gasteiger partial charge in [-0.2, -0.15) is 0 Å². The summed E-state index contributed by atoms with van der Waals surface area (Å²) in [6.07, 6.45) is 0. The zero-order valence-corrected chi connectivity index (χ0v) is 13.8. The Morgan fingerprint density at radius 2 is 2.09 bits per heavy atom. The van der Waals surface area contributed by atoms with Gasteiger partial charge >= 0.3 is 5.97 Å². The number of ether oxygens (including phenoxy) is 2. The molecule has 4 nitrogen and oxygen atoms in total. The van der Waals surface area contributed by atoms with Crippen LogP contribution in [0.2, 0.25) is 5.02 Å². The summed E-state index contributed by atoms with van der Waals surface area (Å²) in [5.41, 5.74) is 2.49. The molecule has 2 aromatic carbocycles. The number of carbonyl (C=O) groups excluding carboxylic acids is 1. The van der Waals surface area contributed by atoms with Crippen LogP contribution in [0.15, 0.2) is 42.5 Å². The van der Waals surface area contributed by atoms with Crippen LogP contribution in [0.1, 0.15) is 22.8 Å². The Hall–Kier alpha value is -2.20. The molecule has 1 aliphatic heterocycles. The predicted molar refractivity (Wildman–Crippen MR) is 90.4 cm³/mol. The Morgan fingerprint density at radius 3 is 2.83 bits per heavy atom. The summed E-state index contributed by atoms with van der Waals surface area (Å²) in [7, 11) is 1.37. The Morgan fingerprint density at radius 1 is 1.30 bits per heavy atom. The molecule has 0 N–H and O–H groups in total. The van der Waals surface area contributed by atoms with Gasteiger partial charge in [-0.25, -0.2) is 4.79 Å². The summed E-state index contributed by atoms with van der Waals surface area (Å²) in [5, 5.41) is 0.717. The van der Waals surface area contributed by atoms with Crippen molar-refractivity contribution in [1.29, 1.82) is 0 Å². The summed E-state index contributed by atoms with van der Waals surface area (Å²) in [6.45, 7) is 3.28. The molecule has 0 radical (unpaired) electrons. The van der Waals surface area contributed by atoms with Gasteiger partial charge in [0.05, 0.1) is 29.4 Å². The van der Waals surface area contributed by atoms with E-state index in [1.54, 1.807) is 12.1 Å². The van der Waals surface area contributed by atoms with Crippen LogP contribution in [0.4, 0.5) is 5.69 Å². The van der Waals surface area contributed by atoms with E-state index < -0.39 is 0 Å². The van der Waals surface area contributed by atoms with Gasteiger partial charge in [-0.3, -0.25) is 0 Å². The van der Waals surface area contributed by atoms with Crippen LogP contribution >= 0.6 is 11.6 Å². The van der Waals surface area contributed by atoms with Crippen LogP contribution < -0.4 is 9.64 Å². The van der Waals surface area contributed by atoms with E-state index >= 15 is 0 Å². The molecule has 0 aromatic heterocycles. The molecule has 2 aromatic rings. The van der Waals surface area contributed by atoms with Crippen molar-refractivity contribution < 1.29 is 14.3 Å². The third kappa shape index (κ3) is 3.13. The first-order chi connectivity index (χ1) is 11.1. The zero-order chi connectivity index (χ0) is 16.4. The van der Waals surface area contributed by atoms with Crippen LogP contribution in [-0.4, -0.2) is 25.7 Å². The van der Waals surface area contributed by atoms with E-state index in [0.29, 0.717) is 29.5 Å². The Balaban J connectivity index is 1.96. The Bertz CT molecular complexity index is 732. The molecule has 5 heteroatoms. The quantitative estimate of drug-likeness (QED) is 0.782. The van der Waals surface area contributed by atoms with Crippen molar-refractivity contribution in [2.45, 2.75) is 19.5 Å². The molecule has 1 atom stereocenters. The van der Waals surface area contributed by atoms with Crippen molar-refractivity contribution in [2.75, 3.05) is 18.6 Å². The number of halogens is 1. The molecule has 0 amide bonds. The highest BCUT2D eigenvalue weighted by Gasteiger charge is 2.24. The molecule has 0 unspecified atom stereocenters. The number of hydrogen-bond acceptors (Lipinski definition) is 4. The molecule has 1 heterocycles. The normalized spacial score (nSPS) is 17.0. The highest BCUT2D eigenvalue weighted by Crippen LogP contribution is 2.33. The second-order valence-electron chi connectivity index (χ2n) is 5.55. The van der Waals surface area contributed by atoms with Gasteiger partial charge in [-0.1, -0.05) is 29.8 Å². The van der Waals surface area contributed by atoms with Gasteiger partial charge in [0.2, 0.25) is 0 Å². The van der Waals surface area contributed by atoms with Gasteiger partial charge in [0.25, 0.3) is 0 Å². The molecule has 0 spiro atoms. The number of nitrogens with zero attached hydrogens (tertiary/aromatic N) is 1. The molecule has 1 aliphatic rings. The zero-order valence-electron chi connectivity index (χ0n) is 13.1. The van der Waals surface area contributed by atoms with Crippen LogP contribution in [0.5, 0.6) is 5.75 Å². The van der Waals surface area contributed by atoms with E-state index in [2.05, 4.69) is 11.8 Å². The maximum absolute atomic E-state index is 11.7. The van der Waals surface area contributed by atoms with E-state index in [4.69, 9.17) is 21.1 Å². The first-order valence-electron chi connectivity index (χ1n) is 7.45. The summed E-state index contributed by atoms with van der Waals surface area (Å²) in [4.78, 5) is 13.9.